The molecule has 6 heteroatoms. The van der Waals surface area contributed by atoms with E-state index >= 15 is 0 Å². The van der Waals surface area contributed by atoms with Crippen molar-refractivity contribution in [2.75, 3.05) is 0 Å². The smallest absolute Gasteiger partial charge is 0.285 e. The van der Waals surface area contributed by atoms with Crippen molar-refractivity contribution in [3.8, 4) is 0 Å². The van der Waals surface area contributed by atoms with Crippen molar-refractivity contribution in [2.45, 2.75) is 0 Å². The minimum absolute atomic E-state index is 0.387. The van der Waals surface area contributed by atoms with Gasteiger partial charge in [0.15, 0.2) is 4.80 Å². The van der Waals surface area contributed by atoms with Crippen molar-refractivity contribution >= 4 is 17.2 Å². The predicted octanol–water partition coefficient (Wildman–Crippen LogP) is 2.11. The van der Waals surface area contributed by atoms with Gasteiger partial charge in [0, 0.05) is 18.6 Å². The van der Waals surface area contributed by atoms with E-state index in [1.165, 1.54) is 17.4 Å². The lowest BCUT2D eigenvalue weighted by Crippen LogP contribution is -2.14. The second-order valence-electron chi connectivity index (χ2n) is 3.31. The highest BCUT2D eigenvalue weighted by Crippen LogP contribution is 2.12. The van der Waals surface area contributed by atoms with E-state index in [0.29, 0.717) is 4.80 Å². The van der Waals surface area contributed by atoms with Crippen LogP contribution in [-0.2, 0) is 7.05 Å². The highest BCUT2D eigenvalue weighted by atomic mass is 32.1. The topological polar surface area (TPSA) is 34.4 Å². The Balaban J connectivity index is 2.50. The second kappa shape index (κ2) is 4.58. The molecule has 0 aliphatic rings. The fraction of sp³-hybridized carbons (Fsp3) is 0.0909. The van der Waals surface area contributed by atoms with Gasteiger partial charge >= 0.3 is 0 Å². The van der Waals surface area contributed by atoms with E-state index in [1.807, 2.05) is 0 Å². The van der Waals surface area contributed by atoms with Crippen LogP contribution in [0.15, 0.2) is 34.8 Å². The van der Waals surface area contributed by atoms with Crippen molar-refractivity contribution in [2.24, 2.45) is 12.0 Å². The van der Waals surface area contributed by atoms with Crippen LogP contribution in [0.3, 0.4) is 0 Å². The Morgan fingerprint density at radius 2 is 2.00 bits per heavy atom. The van der Waals surface area contributed by atoms with Gasteiger partial charge in [-0.1, -0.05) is 6.07 Å². The maximum atomic E-state index is 13.3. The molecule has 0 spiro atoms. The normalized spacial score (nSPS) is 11.8. The number of hydrogen-bond donors (Lipinski definition) is 0. The average molecular weight is 254 g/mol. The van der Waals surface area contributed by atoms with Crippen molar-refractivity contribution < 1.29 is 13.6 Å². The molecule has 0 saturated carbocycles. The third kappa shape index (κ3) is 2.31. The first kappa shape index (κ1) is 11.7. The Labute approximate surface area is 99.7 Å². The largest absolute Gasteiger partial charge is 0.327 e. The van der Waals surface area contributed by atoms with Gasteiger partial charge in [-0.15, -0.1) is 11.3 Å². The fourth-order valence-electron chi connectivity index (χ4n) is 1.28. The number of carbonyl (C=O) groups excluding carboxylic acids is 1. The van der Waals surface area contributed by atoms with E-state index in [1.54, 1.807) is 23.2 Å². The Hall–Kier alpha value is -1.82. The van der Waals surface area contributed by atoms with E-state index in [9.17, 15) is 13.6 Å². The molecule has 0 unspecified atom stereocenters. The van der Waals surface area contributed by atoms with Crippen LogP contribution in [-0.4, -0.2) is 10.5 Å². The molecule has 0 fully saturated rings. The zero-order valence-electron chi connectivity index (χ0n) is 8.85. The number of rotatable bonds is 1. The molecule has 0 N–H and O–H groups in total. The lowest BCUT2D eigenvalue weighted by atomic mass is 10.2. The number of amides is 1. The molecule has 88 valence electrons. The molecule has 0 aliphatic heterocycles. The van der Waals surface area contributed by atoms with Crippen LogP contribution in [0.2, 0.25) is 0 Å². The number of aromatic nitrogens is 1. The minimum Gasteiger partial charge on any atom is -0.327 e. The second-order valence-corrected chi connectivity index (χ2v) is 4.18. The van der Waals surface area contributed by atoms with Crippen molar-refractivity contribution in [1.29, 1.82) is 0 Å². The van der Waals surface area contributed by atoms with Crippen LogP contribution < -0.4 is 4.80 Å². The zero-order valence-corrected chi connectivity index (χ0v) is 9.67. The minimum atomic E-state index is -0.918. The summed E-state index contributed by atoms with van der Waals surface area (Å²) in [6, 6.07) is 3.26. The first-order chi connectivity index (χ1) is 8.09. The van der Waals surface area contributed by atoms with Gasteiger partial charge in [-0.05, 0) is 12.1 Å². The van der Waals surface area contributed by atoms with Gasteiger partial charge in [-0.3, -0.25) is 4.79 Å². The van der Waals surface area contributed by atoms with Gasteiger partial charge in [0.25, 0.3) is 5.91 Å². The summed E-state index contributed by atoms with van der Waals surface area (Å²) < 4.78 is 28.2. The highest BCUT2D eigenvalue weighted by molar-refractivity contribution is 7.07. The first-order valence-electron chi connectivity index (χ1n) is 4.73. The summed E-state index contributed by atoms with van der Waals surface area (Å²) in [6.07, 6.45) is 1.70. The SMILES string of the molecule is Cn1ccsc1=NC(=O)c1c(F)cccc1F. The van der Waals surface area contributed by atoms with Gasteiger partial charge in [0.05, 0.1) is 0 Å². The van der Waals surface area contributed by atoms with E-state index in [-0.39, 0.29) is 0 Å². The van der Waals surface area contributed by atoms with E-state index in [2.05, 4.69) is 4.99 Å². The van der Waals surface area contributed by atoms with Crippen LogP contribution >= 0.6 is 11.3 Å². The molecule has 1 aromatic carbocycles. The maximum absolute atomic E-state index is 13.3. The van der Waals surface area contributed by atoms with Crippen molar-refractivity contribution in [3.05, 3.63) is 51.8 Å². The number of hydrogen-bond acceptors (Lipinski definition) is 2. The monoisotopic (exact) mass is 254 g/mol. The standard InChI is InChI=1S/C11H8F2N2OS/c1-15-5-6-17-11(15)14-10(16)9-7(12)3-2-4-8(9)13/h2-6H,1H3. The Morgan fingerprint density at radius 3 is 2.53 bits per heavy atom. The molecule has 17 heavy (non-hydrogen) atoms. The molecule has 2 aromatic rings. The highest BCUT2D eigenvalue weighted by Gasteiger charge is 2.16. The summed E-state index contributed by atoms with van der Waals surface area (Å²) in [5.74, 6) is -2.73. The van der Waals surface area contributed by atoms with Gasteiger partial charge < -0.3 is 4.57 Å². The lowest BCUT2D eigenvalue weighted by molar-refractivity contribution is 0.0990. The van der Waals surface area contributed by atoms with Crippen molar-refractivity contribution in [3.63, 3.8) is 0 Å². The molecule has 0 aliphatic carbocycles. The summed E-state index contributed by atoms with van der Waals surface area (Å²) in [7, 11) is 1.69. The summed E-state index contributed by atoms with van der Waals surface area (Å²) in [5.41, 5.74) is -0.624. The third-order valence-electron chi connectivity index (χ3n) is 2.13. The number of halogens is 2. The maximum Gasteiger partial charge on any atom is 0.285 e. The molecule has 0 saturated heterocycles. The zero-order chi connectivity index (χ0) is 12.4. The summed E-state index contributed by atoms with van der Waals surface area (Å²) in [4.78, 5) is 15.7. The Kier molecular flexibility index (Phi) is 3.14. The number of thiazole rings is 1. The number of benzene rings is 1. The molecule has 0 atom stereocenters. The molecule has 1 aromatic heterocycles. The molecule has 1 heterocycles. The summed E-state index contributed by atoms with van der Waals surface area (Å²) >= 11 is 1.21. The third-order valence-corrected chi connectivity index (χ3v) is 2.98. The first-order valence-corrected chi connectivity index (χ1v) is 5.61. The predicted molar refractivity (Wildman–Crippen MR) is 59.5 cm³/mol. The van der Waals surface area contributed by atoms with Crippen LogP contribution in [0, 0.1) is 11.6 Å². The molecular formula is C11H8F2N2OS. The summed E-state index contributed by atoms with van der Waals surface area (Å²) in [5, 5.41) is 1.73. The molecule has 3 nitrogen and oxygen atoms in total. The average Bonchev–Trinajstić information content (AvgIpc) is 2.64. The molecular weight excluding hydrogens is 246 g/mol. The molecule has 0 bridgehead atoms. The van der Waals surface area contributed by atoms with Crippen LogP contribution in [0.25, 0.3) is 0 Å². The summed E-state index contributed by atoms with van der Waals surface area (Å²) in [6.45, 7) is 0. The van der Waals surface area contributed by atoms with Crippen LogP contribution in [0.1, 0.15) is 10.4 Å². The Bertz CT molecular complexity index is 610. The quantitative estimate of drug-likeness (QED) is 0.767. The van der Waals surface area contributed by atoms with E-state index in [0.717, 1.165) is 12.1 Å². The molecule has 2 rings (SSSR count). The Morgan fingerprint density at radius 1 is 1.35 bits per heavy atom. The van der Waals surface area contributed by atoms with Crippen molar-refractivity contribution in [1.82, 2.24) is 4.57 Å². The molecule has 1 amide bonds. The number of nitrogens with zero attached hydrogens (tertiary/aromatic N) is 2. The van der Waals surface area contributed by atoms with E-state index < -0.39 is 23.1 Å². The van der Waals surface area contributed by atoms with Crippen LogP contribution in [0.5, 0.6) is 0 Å². The number of carbonyl (C=O) groups is 1. The molecule has 0 radical (unpaired) electrons. The lowest BCUT2D eigenvalue weighted by Gasteiger charge is -1.99. The van der Waals surface area contributed by atoms with E-state index in [4.69, 9.17) is 0 Å². The van der Waals surface area contributed by atoms with Gasteiger partial charge in [-0.25, -0.2) is 8.78 Å². The fourth-order valence-corrected chi connectivity index (χ4v) is 2.01. The number of aryl methyl sites for hydroxylation is 1. The van der Waals surface area contributed by atoms with Gasteiger partial charge in [-0.2, -0.15) is 4.99 Å². The van der Waals surface area contributed by atoms with Gasteiger partial charge in [0.2, 0.25) is 0 Å². The van der Waals surface area contributed by atoms with Gasteiger partial charge in [0.1, 0.15) is 17.2 Å². The van der Waals surface area contributed by atoms with Crippen LogP contribution in [0.4, 0.5) is 8.78 Å².